The lowest BCUT2D eigenvalue weighted by Crippen LogP contribution is -2.39. The summed E-state index contributed by atoms with van der Waals surface area (Å²) in [6, 6.07) is 16.4. The highest BCUT2D eigenvalue weighted by Gasteiger charge is 2.20. The summed E-state index contributed by atoms with van der Waals surface area (Å²) in [7, 11) is 0. The van der Waals surface area contributed by atoms with Gasteiger partial charge in [-0.2, -0.15) is 0 Å². The number of fused-ring (bicyclic) bond motifs is 1. The first-order valence-electron chi connectivity index (χ1n) is 7.78. The van der Waals surface area contributed by atoms with Crippen LogP contribution in [0.3, 0.4) is 0 Å². The Morgan fingerprint density at radius 2 is 1.68 bits per heavy atom. The molecule has 2 aromatic carbocycles. The molecule has 0 spiro atoms. The Balaban J connectivity index is 1.84. The third-order valence-electron chi connectivity index (χ3n) is 3.92. The van der Waals surface area contributed by atoms with E-state index < -0.39 is 11.9 Å². The normalized spacial score (nSPS) is 11.8. The van der Waals surface area contributed by atoms with E-state index in [9.17, 15) is 14.4 Å². The molecule has 2 amide bonds. The number of para-hydroxylation sites is 1. The van der Waals surface area contributed by atoms with Crippen molar-refractivity contribution in [2.24, 2.45) is 5.73 Å². The summed E-state index contributed by atoms with van der Waals surface area (Å²) >= 11 is 0. The first-order chi connectivity index (χ1) is 12.1. The zero-order chi connectivity index (χ0) is 17.8. The average molecular weight is 335 g/mol. The number of benzene rings is 2. The summed E-state index contributed by atoms with van der Waals surface area (Å²) in [5.74, 6) is -1.01. The van der Waals surface area contributed by atoms with Crippen molar-refractivity contribution in [1.29, 1.82) is 0 Å². The first-order valence-corrected chi connectivity index (χ1v) is 7.78. The number of carbonyl (C=O) groups excluding carboxylic acids is 2. The molecule has 0 aliphatic carbocycles. The van der Waals surface area contributed by atoms with Crippen molar-refractivity contribution in [2.45, 2.75) is 12.6 Å². The van der Waals surface area contributed by atoms with E-state index >= 15 is 0 Å². The van der Waals surface area contributed by atoms with Gasteiger partial charge in [0.2, 0.25) is 11.8 Å². The largest absolute Gasteiger partial charge is 0.368 e. The van der Waals surface area contributed by atoms with Gasteiger partial charge >= 0.3 is 0 Å². The molecule has 3 rings (SSSR count). The van der Waals surface area contributed by atoms with Crippen molar-refractivity contribution in [3.05, 3.63) is 82.6 Å². The maximum absolute atomic E-state index is 12.4. The molecular formula is C19H17N3O3. The average Bonchev–Trinajstić information content (AvgIpc) is 2.63. The van der Waals surface area contributed by atoms with Crippen molar-refractivity contribution >= 4 is 22.7 Å². The van der Waals surface area contributed by atoms with Crippen molar-refractivity contribution in [1.82, 2.24) is 9.88 Å². The Hall–Kier alpha value is -3.41. The highest BCUT2D eigenvalue weighted by molar-refractivity contribution is 5.88. The second-order valence-electron chi connectivity index (χ2n) is 5.64. The summed E-state index contributed by atoms with van der Waals surface area (Å²) in [4.78, 5) is 36.0. The van der Waals surface area contributed by atoms with Gasteiger partial charge in [-0.15, -0.1) is 0 Å². The van der Waals surface area contributed by atoms with Crippen LogP contribution in [0.2, 0.25) is 0 Å². The molecule has 0 saturated heterocycles. The summed E-state index contributed by atoms with van der Waals surface area (Å²) < 4.78 is 1.66. The first kappa shape index (κ1) is 16.4. The fourth-order valence-corrected chi connectivity index (χ4v) is 2.72. The molecule has 0 bridgehead atoms. The number of aromatic nitrogens is 1. The molecule has 0 unspecified atom stereocenters. The Labute approximate surface area is 143 Å². The van der Waals surface area contributed by atoms with Gasteiger partial charge in [0.1, 0.15) is 12.6 Å². The molecule has 0 saturated carbocycles. The number of nitrogens with zero attached hydrogens (tertiary/aromatic N) is 1. The van der Waals surface area contributed by atoms with Crippen LogP contribution in [0.4, 0.5) is 0 Å². The molecule has 0 radical (unpaired) electrons. The van der Waals surface area contributed by atoms with E-state index in [0.29, 0.717) is 16.5 Å². The second-order valence-corrected chi connectivity index (χ2v) is 5.64. The van der Waals surface area contributed by atoms with Crippen molar-refractivity contribution in [3.8, 4) is 0 Å². The molecule has 1 aromatic heterocycles. The molecule has 0 fully saturated rings. The van der Waals surface area contributed by atoms with E-state index in [2.05, 4.69) is 5.32 Å². The molecular weight excluding hydrogens is 318 g/mol. The zero-order valence-corrected chi connectivity index (χ0v) is 13.4. The van der Waals surface area contributed by atoms with Crippen LogP contribution in [0.1, 0.15) is 11.6 Å². The van der Waals surface area contributed by atoms with Crippen molar-refractivity contribution < 1.29 is 9.59 Å². The predicted molar refractivity (Wildman–Crippen MR) is 94.7 cm³/mol. The summed E-state index contributed by atoms with van der Waals surface area (Å²) in [5.41, 5.74) is 6.59. The molecule has 6 nitrogen and oxygen atoms in total. The molecule has 1 heterocycles. The van der Waals surface area contributed by atoms with E-state index in [0.717, 1.165) is 0 Å². The smallest absolute Gasteiger partial charge is 0.244 e. The predicted octanol–water partition coefficient (Wildman–Crippen LogP) is 1.34. The van der Waals surface area contributed by atoms with Crippen LogP contribution in [0.15, 0.2) is 71.7 Å². The Morgan fingerprint density at radius 3 is 2.40 bits per heavy atom. The van der Waals surface area contributed by atoms with Gasteiger partial charge in [-0.25, -0.2) is 0 Å². The van der Waals surface area contributed by atoms with Crippen LogP contribution < -0.4 is 16.5 Å². The van der Waals surface area contributed by atoms with Crippen LogP contribution in [-0.2, 0) is 16.1 Å². The molecule has 25 heavy (non-hydrogen) atoms. The highest BCUT2D eigenvalue weighted by atomic mass is 16.2. The third-order valence-corrected chi connectivity index (χ3v) is 3.92. The summed E-state index contributed by atoms with van der Waals surface area (Å²) in [5, 5.41) is 3.18. The lowest BCUT2D eigenvalue weighted by Gasteiger charge is -2.17. The number of amides is 2. The minimum Gasteiger partial charge on any atom is -0.368 e. The van der Waals surface area contributed by atoms with Gasteiger partial charge in [-0.1, -0.05) is 42.5 Å². The molecule has 126 valence electrons. The van der Waals surface area contributed by atoms with Gasteiger partial charge in [0.15, 0.2) is 5.43 Å². The van der Waals surface area contributed by atoms with Gasteiger partial charge in [0.05, 0.1) is 5.52 Å². The van der Waals surface area contributed by atoms with Gasteiger partial charge in [-0.3, -0.25) is 14.4 Å². The standard InChI is InChI=1S/C19H17N3O3/c20-19(25)18(13-6-2-1-3-7-13)21-17(24)12-22-11-10-16(23)14-8-4-5-9-15(14)22/h1-11,18H,12H2,(H2,20,25)(H,21,24)/t18-/m1/s1. The summed E-state index contributed by atoms with van der Waals surface area (Å²) in [6.07, 6.45) is 1.56. The molecule has 1 atom stereocenters. The number of hydrogen-bond acceptors (Lipinski definition) is 3. The fourth-order valence-electron chi connectivity index (χ4n) is 2.72. The molecule has 0 aliphatic heterocycles. The number of rotatable bonds is 5. The lowest BCUT2D eigenvalue weighted by molar-refractivity contribution is -0.127. The van der Waals surface area contributed by atoms with Crippen LogP contribution in [0, 0.1) is 0 Å². The maximum Gasteiger partial charge on any atom is 0.244 e. The van der Waals surface area contributed by atoms with E-state index in [-0.39, 0.29) is 17.9 Å². The zero-order valence-electron chi connectivity index (χ0n) is 13.4. The van der Waals surface area contributed by atoms with Gasteiger partial charge in [0, 0.05) is 17.6 Å². The number of primary amides is 1. The van der Waals surface area contributed by atoms with E-state index in [1.807, 2.05) is 6.07 Å². The van der Waals surface area contributed by atoms with Crippen molar-refractivity contribution in [2.75, 3.05) is 0 Å². The van der Waals surface area contributed by atoms with Crippen molar-refractivity contribution in [3.63, 3.8) is 0 Å². The van der Waals surface area contributed by atoms with Gasteiger partial charge in [-0.05, 0) is 17.7 Å². The van der Waals surface area contributed by atoms with E-state index in [1.54, 1.807) is 59.3 Å². The maximum atomic E-state index is 12.4. The SMILES string of the molecule is NC(=O)[C@H](NC(=O)Cn1ccc(=O)c2ccccc21)c1ccccc1. The molecule has 0 aliphatic rings. The summed E-state index contributed by atoms with van der Waals surface area (Å²) in [6.45, 7) is -0.0304. The fraction of sp³-hybridized carbons (Fsp3) is 0.105. The topological polar surface area (TPSA) is 94.2 Å². The Morgan fingerprint density at radius 1 is 1.00 bits per heavy atom. The monoisotopic (exact) mass is 335 g/mol. The second kappa shape index (κ2) is 7.00. The number of hydrogen-bond donors (Lipinski definition) is 2. The van der Waals surface area contributed by atoms with E-state index in [1.165, 1.54) is 6.07 Å². The molecule has 6 heteroatoms. The number of nitrogens with one attached hydrogen (secondary N) is 1. The number of carbonyl (C=O) groups is 2. The highest BCUT2D eigenvalue weighted by Crippen LogP contribution is 2.13. The lowest BCUT2D eigenvalue weighted by atomic mass is 10.1. The van der Waals surface area contributed by atoms with Crippen LogP contribution in [-0.4, -0.2) is 16.4 Å². The van der Waals surface area contributed by atoms with Crippen LogP contribution in [0.5, 0.6) is 0 Å². The van der Waals surface area contributed by atoms with Crippen LogP contribution >= 0.6 is 0 Å². The minimum atomic E-state index is -0.903. The number of pyridine rings is 1. The molecule has 3 aromatic rings. The quantitative estimate of drug-likeness (QED) is 0.737. The van der Waals surface area contributed by atoms with Gasteiger partial charge in [0.25, 0.3) is 0 Å². The Bertz CT molecular complexity index is 980. The Kier molecular flexibility index (Phi) is 4.61. The third kappa shape index (κ3) is 3.58. The minimum absolute atomic E-state index is 0.0304. The number of nitrogens with two attached hydrogens (primary N) is 1. The molecule has 3 N–H and O–H groups in total. The van der Waals surface area contributed by atoms with Crippen LogP contribution in [0.25, 0.3) is 10.9 Å². The van der Waals surface area contributed by atoms with E-state index in [4.69, 9.17) is 5.73 Å². The van der Waals surface area contributed by atoms with Gasteiger partial charge < -0.3 is 15.6 Å².